The first-order valence-corrected chi connectivity index (χ1v) is 31.5. The summed E-state index contributed by atoms with van der Waals surface area (Å²) in [5, 5.41) is 2.44. The molecule has 13 aromatic carbocycles. The largest absolute Gasteiger partial charge is 0.309 e. The van der Waals surface area contributed by atoms with E-state index in [2.05, 4.69) is 355 Å². The van der Waals surface area contributed by atoms with Gasteiger partial charge in [-0.2, -0.15) is 0 Å². The van der Waals surface area contributed by atoms with Crippen LogP contribution in [0.25, 0.3) is 49.7 Å². The van der Waals surface area contributed by atoms with E-state index >= 15 is 0 Å². The van der Waals surface area contributed by atoms with Gasteiger partial charge in [0.25, 0.3) is 6.71 Å². The number of para-hydroxylation sites is 10. The van der Waals surface area contributed by atoms with Gasteiger partial charge >= 0.3 is 0 Å². The zero-order valence-corrected chi connectivity index (χ0v) is 50.7. The molecule has 0 atom stereocenters. The van der Waals surface area contributed by atoms with Crippen molar-refractivity contribution < 1.29 is 0 Å². The smallest absolute Gasteiger partial charge is 0.252 e. The summed E-state index contributed by atoms with van der Waals surface area (Å²) in [6.07, 6.45) is 0. The molecule has 14 aromatic rings. The minimum absolute atomic E-state index is 0.208. The molecular formula is C84H62BN5. The van der Waals surface area contributed by atoms with E-state index in [9.17, 15) is 0 Å². The molecule has 0 saturated carbocycles. The predicted molar refractivity (Wildman–Crippen MR) is 379 cm³/mol. The van der Waals surface area contributed by atoms with Crippen LogP contribution in [0.5, 0.6) is 0 Å². The van der Waals surface area contributed by atoms with E-state index < -0.39 is 0 Å². The Bertz CT molecular complexity index is 4840. The SMILES string of the molecule is CC1(C)c2ccccc2N(c2ccccc2N2c3ccc(-c4ccccc4)cc3B3c4cc(-c5ccccc5)ccc4N(c4ccccc4N4c5ccccc5C(C)(C)c5ccccc54)c4cc(-n5c6ccccc6c6ccccc65)cc2c43)c2ccccc21. The lowest BCUT2D eigenvalue weighted by atomic mass is 9.33. The summed E-state index contributed by atoms with van der Waals surface area (Å²) in [6, 6.07) is 114. The van der Waals surface area contributed by atoms with Crippen LogP contribution in [0.3, 0.4) is 0 Å². The molecule has 0 N–H and O–H groups in total. The number of hydrogen-bond donors (Lipinski definition) is 0. The minimum Gasteiger partial charge on any atom is -0.309 e. The highest BCUT2D eigenvalue weighted by molar-refractivity contribution is 7.00. The molecule has 4 aliphatic rings. The van der Waals surface area contributed by atoms with Crippen LogP contribution in [0, 0.1) is 0 Å². The molecule has 5 nitrogen and oxygen atoms in total. The van der Waals surface area contributed by atoms with E-state index in [0.29, 0.717) is 0 Å². The average Bonchev–Trinajstić information content (AvgIpc) is 0.746. The Morgan fingerprint density at radius 2 is 0.544 bits per heavy atom. The van der Waals surface area contributed by atoms with Crippen molar-refractivity contribution in [3.8, 4) is 27.9 Å². The van der Waals surface area contributed by atoms with Crippen molar-refractivity contribution in [3.05, 3.63) is 326 Å². The third-order valence-corrected chi connectivity index (χ3v) is 20.1. The van der Waals surface area contributed by atoms with Crippen molar-refractivity contribution in [2.45, 2.75) is 38.5 Å². The third kappa shape index (κ3) is 7.51. The number of fused-ring (bicyclic) bond motifs is 11. The fraction of sp³-hybridized carbons (Fsp3) is 0.0714. The molecule has 90 heavy (non-hydrogen) atoms. The van der Waals surface area contributed by atoms with Crippen molar-refractivity contribution in [2.75, 3.05) is 19.6 Å². The van der Waals surface area contributed by atoms with Gasteiger partial charge in [-0.1, -0.05) is 246 Å². The third-order valence-electron chi connectivity index (χ3n) is 20.1. The lowest BCUT2D eigenvalue weighted by Crippen LogP contribution is -2.61. The van der Waals surface area contributed by atoms with E-state index in [0.717, 1.165) is 62.2 Å². The van der Waals surface area contributed by atoms with E-state index in [1.165, 1.54) is 94.4 Å². The monoisotopic (exact) mass is 1150 g/mol. The molecule has 4 aliphatic heterocycles. The molecule has 6 heteroatoms. The topological polar surface area (TPSA) is 17.9 Å². The van der Waals surface area contributed by atoms with Crippen LogP contribution in [-0.2, 0) is 10.8 Å². The maximum absolute atomic E-state index is 2.63. The Kier molecular flexibility index (Phi) is 11.4. The van der Waals surface area contributed by atoms with Gasteiger partial charge in [0.15, 0.2) is 0 Å². The van der Waals surface area contributed by atoms with Gasteiger partial charge in [-0.15, -0.1) is 0 Å². The van der Waals surface area contributed by atoms with Gasteiger partial charge in [-0.25, -0.2) is 0 Å². The number of rotatable bonds is 7. The summed E-state index contributed by atoms with van der Waals surface area (Å²) < 4.78 is 2.52. The van der Waals surface area contributed by atoms with Crippen LogP contribution in [-0.4, -0.2) is 11.3 Å². The second-order valence-electron chi connectivity index (χ2n) is 25.6. The minimum atomic E-state index is -0.243. The van der Waals surface area contributed by atoms with Crippen molar-refractivity contribution >= 4 is 113 Å². The second-order valence-corrected chi connectivity index (χ2v) is 25.6. The molecule has 0 bridgehead atoms. The van der Waals surface area contributed by atoms with Gasteiger partial charge in [0.1, 0.15) is 0 Å². The van der Waals surface area contributed by atoms with Crippen molar-refractivity contribution in [2.24, 2.45) is 0 Å². The van der Waals surface area contributed by atoms with E-state index in [1.54, 1.807) is 0 Å². The molecule has 18 rings (SSSR count). The number of nitrogens with zero attached hydrogens (tertiary/aromatic N) is 5. The van der Waals surface area contributed by atoms with E-state index in [4.69, 9.17) is 0 Å². The number of hydrogen-bond acceptors (Lipinski definition) is 4. The maximum atomic E-state index is 2.63. The molecule has 0 fully saturated rings. The lowest BCUT2D eigenvalue weighted by Gasteiger charge is -2.47. The zero-order valence-electron chi connectivity index (χ0n) is 50.7. The highest BCUT2D eigenvalue weighted by Gasteiger charge is 2.47. The first kappa shape index (κ1) is 52.1. The summed E-state index contributed by atoms with van der Waals surface area (Å²) in [5.74, 6) is 0. The van der Waals surface area contributed by atoms with Gasteiger partial charge in [0.2, 0.25) is 0 Å². The first-order chi connectivity index (χ1) is 44.2. The number of benzene rings is 13. The van der Waals surface area contributed by atoms with Gasteiger partial charge in [-0.05, 0) is 146 Å². The molecular weight excluding hydrogens is 1090 g/mol. The summed E-state index contributed by atoms with van der Waals surface area (Å²) in [5.41, 5.74) is 30.1. The van der Waals surface area contributed by atoms with Crippen LogP contribution >= 0.6 is 0 Å². The summed E-state index contributed by atoms with van der Waals surface area (Å²) in [7, 11) is 0. The zero-order chi connectivity index (χ0) is 60.0. The van der Waals surface area contributed by atoms with Crippen LogP contribution in [0.2, 0.25) is 0 Å². The van der Waals surface area contributed by atoms with Crippen LogP contribution in [0.1, 0.15) is 49.9 Å². The van der Waals surface area contributed by atoms with Gasteiger partial charge < -0.3 is 24.2 Å². The predicted octanol–water partition coefficient (Wildman–Crippen LogP) is 20.4. The summed E-state index contributed by atoms with van der Waals surface area (Å²) in [6.45, 7) is 9.29. The molecule has 0 saturated heterocycles. The summed E-state index contributed by atoms with van der Waals surface area (Å²) >= 11 is 0. The van der Waals surface area contributed by atoms with Gasteiger partial charge in [0.05, 0.1) is 62.2 Å². The van der Waals surface area contributed by atoms with E-state index in [1.807, 2.05) is 0 Å². The molecule has 0 spiro atoms. The van der Waals surface area contributed by atoms with Crippen molar-refractivity contribution in [1.82, 2.24) is 4.57 Å². The lowest BCUT2D eigenvalue weighted by molar-refractivity contribution is 0.632. The Morgan fingerprint density at radius 1 is 0.244 bits per heavy atom. The van der Waals surface area contributed by atoms with Crippen LogP contribution in [0.15, 0.2) is 303 Å². The molecule has 1 aromatic heterocycles. The number of anilines is 12. The highest BCUT2D eigenvalue weighted by Crippen LogP contribution is 2.58. The molecule has 5 heterocycles. The first-order valence-electron chi connectivity index (χ1n) is 31.5. The fourth-order valence-electron chi connectivity index (χ4n) is 16.0. The Hall–Kier alpha value is -11.1. The maximum Gasteiger partial charge on any atom is 0.252 e. The molecule has 426 valence electrons. The Balaban J connectivity index is 0.990. The molecule has 0 aliphatic carbocycles. The van der Waals surface area contributed by atoms with E-state index in [-0.39, 0.29) is 17.5 Å². The Labute approximate surface area is 526 Å². The van der Waals surface area contributed by atoms with Crippen molar-refractivity contribution in [3.63, 3.8) is 0 Å². The standard InChI is InChI=1S/C84H62BN5/c1-83(2)62-33-13-19-39-70(62)87(71-40-20-14-34-63(71)83)76-43-23-25-45-78(76)89-74-49-47-57(55-27-7-5-8-28-55)51-66(74)85-67-52-58(56-29-9-6-10-30-56)48-50-75(67)90(81-54-59(53-80(89)82(81)85)86-68-37-17-11-31-60(68)61-32-12-18-38-69(61)86)79-46-26-24-44-77(79)88-72-41-21-15-35-64(72)84(3,4)65-36-16-22-42-73(65)88/h5-54H,1-4H3. The summed E-state index contributed by atoms with van der Waals surface area (Å²) in [4.78, 5) is 10.3. The Morgan fingerprint density at radius 3 is 0.911 bits per heavy atom. The molecule has 0 radical (unpaired) electrons. The highest BCUT2D eigenvalue weighted by atomic mass is 15.3. The molecule has 0 unspecified atom stereocenters. The molecule has 0 amide bonds. The number of aromatic nitrogens is 1. The van der Waals surface area contributed by atoms with Gasteiger partial charge in [0, 0.05) is 44.4 Å². The normalized spacial score (nSPS) is 14.5. The average molecular weight is 1150 g/mol. The second kappa shape index (κ2) is 19.7. The van der Waals surface area contributed by atoms with Crippen LogP contribution < -0.4 is 36.0 Å². The van der Waals surface area contributed by atoms with Gasteiger partial charge in [-0.3, -0.25) is 0 Å². The quantitative estimate of drug-likeness (QED) is 0.148. The van der Waals surface area contributed by atoms with Crippen LogP contribution in [0.4, 0.5) is 68.2 Å². The fourth-order valence-corrected chi connectivity index (χ4v) is 16.0. The van der Waals surface area contributed by atoms with Crippen molar-refractivity contribution in [1.29, 1.82) is 0 Å².